The lowest BCUT2D eigenvalue weighted by Gasteiger charge is -2.31. The van der Waals surface area contributed by atoms with Crippen LogP contribution in [0.4, 0.5) is 22.0 Å². The Labute approximate surface area is 85.9 Å². The Morgan fingerprint density at radius 2 is 1.69 bits per heavy atom. The summed E-state index contributed by atoms with van der Waals surface area (Å²) in [6, 6.07) is 0. The number of alkyl halides is 5. The van der Waals surface area contributed by atoms with Crippen LogP contribution in [0.1, 0.15) is 0 Å². The lowest BCUT2D eigenvalue weighted by molar-refractivity contribution is -0.419. The van der Waals surface area contributed by atoms with Gasteiger partial charge in [-0.15, -0.1) is 0 Å². The Morgan fingerprint density at radius 3 is 2.00 bits per heavy atom. The average Bonchev–Trinajstić information content (AvgIpc) is 2.12. The molecule has 0 saturated carbocycles. The molecule has 0 aliphatic heterocycles. The third-order valence-electron chi connectivity index (χ3n) is 1.47. The van der Waals surface area contributed by atoms with E-state index in [1.165, 1.54) is 0 Å². The quantitative estimate of drug-likeness (QED) is 0.332. The summed E-state index contributed by atoms with van der Waals surface area (Å²) < 4.78 is 64.3. The molecule has 0 atom stereocenters. The Bertz CT molecular complexity index is 283. The van der Waals surface area contributed by atoms with E-state index in [1.807, 2.05) is 0 Å². The van der Waals surface area contributed by atoms with Crippen molar-refractivity contribution in [3.63, 3.8) is 0 Å². The molecule has 0 saturated heterocycles. The molecule has 0 amide bonds. The molecule has 0 aromatic carbocycles. The molecule has 0 bridgehead atoms. The zero-order valence-electron chi connectivity index (χ0n) is 7.59. The molecule has 0 aliphatic rings. The lowest BCUT2D eigenvalue weighted by atomic mass is 10.1. The van der Waals surface area contributed by atoms with Crippen LogP contribution in [-0.4, -0.2) is 40.7 Å². The van der Waals surface area contributed by atoms with Gasteiger partial charge in [-0.1, -0.05) is 6.58 Å². The van der Waals surface area contributed by atoms with Crippen molar-refractivity contribution in [3.8, 4) is 0 Å². The summed E-state index contributed by atoms with van der Waals surface area (Å²) in [7, 11) is 0. The van der Waals surface area contributed by atoms with Crippen molar-refractivity contribution in [2.24, 2.45) is 0 Å². The molecule has 0 unspecified atom stereocenters. The monoisotopic (exact) mass is 250 g/mol. The van der Waals surface area contributed by atoms with Gasteiger partial charge >= 0.3 is 23.9 Å². The normalized spacial score (nSPS) is 13.4. The van der Waals surface area contributed by atoms with Crippen LogP contribution in [0.2, 0.25) is 0 Å². The zero-order valence-corrected chi connectivity index (χ0v) is 7.59. The van der Waals surface area contributed by atoms with Gasteiger partial charge < -0.3 is 14.9 Å². The number of rotatable bonds is 4. The van der Waals surface area contributed by atoms with Crippen LogP contribution >= 0.6 is 0 Å². The van der Waals surface area contributed by atoms with E-state index >= 15 is 0 Å². The Balaban J connectivity index is 4.78. The molecule has 0 rings (SSSR count). The maximum absolute atomic E-state index is 12.7. The predicted molar refractivity (Wildman–Crippen MR) is 39.3 cm³/mol. The number of hydrogen-bond donors (Lipinski definition) is 2. The summed E-state index contributed by atoms with van der Waals surface area (Å²) in [5, 5.41) is 16.5. The molecule has 2 N–H and O–H groups in total. The maximum atomic E-state index is 12.7. The van der Waals surface area contributed by atoms with Gasteiger partial charge in [0.05, 0.1) is 0 Å². The van der Waals surface area contributed by atoms with E-state index in [0.717, 1.165) is 0 Å². The first kappa shape index (κ1) is 14.8. The fourth-order valence-electron chi connectivity index (χ4n) is 0.529. The third kappa shape index (κ3) is 2.89. The van der Waals surface area contributed by atoms with Gasteiger partial charge in [0.15, 0.2) is 6.61 Å². The van der Waals surface area contributed by atoms with Crippen molar-refractivity contribution in [2.45, 2.75) is 17.9 Å². The third-order valence-corrected chi connectivity index (χ3v) is 1.47. The molecule has 16 heavy (non-hydrogen) atoms. The van der Waals surface area contributed by atoms with Crippen LogP contribution in [-0.2, 0) is 9.53 Å². The molecule has 0 aromatic heterocycles. The molecule has 0 fully saturated rings. The van der Waals surface area contributed by atoms with E-state index in [2.05, 4.69) is 11.3 Å². The largest absolute Gasteiger partial charge is 0.456 e. The van der Waals surface area contributed by atoms with E-state index in [-0.39, 0.29) is 0 Å². The van der Waals surface area contributed by atoms with E-state index in [4.69, 9.17) is 10.2 Å². The van der Waals surface area contributed by atoms with Crippen LogP contribution in [0.15, 0.2) is 12.7 Å². The highest BCUT2D eigenvalue weighted by Gasteiger charge is 2.69. The molecule has 0 heterocycles. The first-order valence-corrected chi connectivity index (χ1v) is 3.64. The highest BCUT2D eigenvalue weighted by molar-refractivity contribution is 5.81. The molecular weight excluding hydrogens is 243 g/mol. The first-order valence-electron chi connectivity index (χ1n) is 3.64. The van der Waals surface area contributed by atoms with Crippen LogP contribution < -0.4 is 0 Å². The molecule has 0 aliphatic carbocycles. The topological polar surface area (TPSA) is 66.8 Å². The van der Waals surface area contributed by atoms with E-state index in [1.54, 1.807) is 0 Å². The second kappa shape index (κ2) is 4.34. The number of esters is 1. The number of halogens is 5. The minimum absolute atomic E-state index is 0.431. The number of carbonyl (C=O) groups is 1. The number of aliphatic hydroxyl groups is 2. The summed E-state index contributed by atoms with van der Waals surface area (Å²) in [6.45, 7) is 0.671. The van der Waals surface area contributed by atoms with Gasteiger partial charge in [-0.3, -0.25) is 0 Å². The van der Waals surface area contributed by atoms with Crippen molar-refractivity contribution in [3.05, 3.63) is 12.7 Å². The van der Waals surface area contributed by atoms with E-state index in [0.29, 0.717) is 6.08 Å². The fraction of sp³-hybridized carbons (Fsp3) is 0.571. The molecule has 4 nitrogen and oxygen atoms in total. The molecule has 0 radical (unpaired) electrons. The summed E-state index contributed by atoms with van der Waals surface area (Å²) in [6.07, 6.45) is -5.56. The van der Waals surface area contributed by atoms with Gasteiger partial charge in [-0.2, -0.15) is 22.0 Å². The first-order chi connectivity index (χ1) is 6.95. The highest BCUT2D eigenvalue weighted by Crippen LogP contribution is 2.40. The molecule has 0 aromatic rings. The number of hydrogen-bond acceptors (Lipinski definition) is 4. The van der Waals surface area contributed by atoms with Crippen LogP contribution in [0.25, 0.3) is 0 Å². The zero-order chi connectivity index (χ0) is 13.2. The Morgan fingerprint density at radius 1 is 1.25 bits per heavy atom. The SMILES string of the molecule is C=CC(=O)OCC(F)(F)C(O)(O)C(F)(F)F. The highest BCUT2D eigenvalue weighted by atomic mass is 19.4. The van der Waals surface area contributed by atoms with Crippen LogP contribution in [0, 0.1) is 0 Å². The molecular formula is C7H7F5O4. The summed E-state index contributed by atoms with van der Waals surface area (Å²) in [5.74, 6) is -11.8. The average molecular weight is 250 g/mol. The molecule has 94 valence electrons. The fourth-order valence-corrected chi connectivity index (χ4v) is 0.529. The molecule has 0 spiro atoms. The van der Waals surface area contributed by atoms with Crippen molar-refractivity contribution in [2.75, 3.05) is 6.61 Å². The Hall–Kier alpha value is -1.22. The van der Waals surface area contributed by atoms with Gasteiger partial charge in [0.1, 0.15) is 0 Å². The van der Waals surface area contributed by atoms with E-state index in [9.17, 15) is 26.7 Å². The van der Waals surface area contributed by atoms with Crippen LogP contribution in [0.3, 0.4) is 0 Å². The predicted octanol–water partition coefficient (Wildman–Crippen LogP) is 0.594. The minimum atomic E-state index is -5.99. The Kier molecular flexibility index (Phi) is 4.01. The minimum Gasteiger partial charge on any atom is -0.456 e. The van der Waals surface area contributed by atoms with E-state index < -0.39 is 30.5 Å². The summed E-state index contributed by atoms with van der Waals surface area (Å²) in [4.78, 5) is 10.3. The molecule has 9 heteroatoms. The van der Waals surface area contributed by atoms with Gasteiger partial charge in [-0.25, -0.2) is 4.79 Å². The van der Waals surface area contributed by atoms with Gasteiger partial charge in [0.25, 0.3) is 0 Å². The second-order valence-corrected chi connectivity index (χ2v) is 2.69. The number of ether oxygens (including phenoxy) is 1. The standard InChI is InChI=1S/C7H7F5O4/c1-2-4(13)16-3-5(8,9)6(14,15)7(10,11)12/h2,14-15H,1,3H2. The summed E-state index contributed by atoms with van der Waals surface area (Å²) in [5.41, 5.74) is 0. The number of carbonyl (C=O) groups excluding carboxylic acids is 1. The van der Waals surface area contributed by atoms with Crippen molar-refractivity contribution in [1.29, 1.82) is 0 Å². The van der Waals surface area contributed by atoms with Crippen molar-refractivity contribution < 1.29 is 41.7 Å². The maximum Gasteiger partial charge on any atom is 0.449 e. The van der Waals surface area contributed by atoms with Gasteiger partial charge in [0, 0.05) is 6.08 Å². The van der Waals surface area contributed by atoms with Crippen molar-refractivity contribution in [1.82, 2.24) is 0 Å². The lowest BCUT2D eigenvalue weighted by Crippen LogP contribution is -2.60. The van der Waals surface area contributed by atoms with Crippen LogP contribution in [0.5, 0.6) is 0 Å². The second-order valence-electron chi connectivity index (χ2n) is 2.69. The smallest absolute Gasteiger partial charge is 0.449 e. The van der Waals surface area contributed by atoms with Crippen molar-refractivity contribution >= 4 is 5.97 Å². The summed E-state index contributed by atoms with van der Waals surface area (Å²) >= 11 is 0. The van der Waals surface area contributed by atoms with Gasteiger partial charge in [0.2, 0.25) is 0 Å². The van der Waals surface area contributed by atoms with Gasteiger partial charge in [-0.05, 0) is 0 Å².